The van der Waals surface area contributed by atoms with Gasteiger partial charge in [-0.05, 0) is 81.4 Å². The Hall–Kier alpha value is -1.35. The lowest BCUT2D eigenvalue weighted by molar-refractivity contribution is -0.135. The first kappa shape index (κ1) is 19.0. The van der Waals surface area contributed by atoms with Gasteiger partial charge in [0.2, 0.25) is 5.91 Å². The minimum atomic E-state index is 0.196. The number of rotatable bonds is 7. The molecule has 0 aromatic heterocycles. The maximum atomic E-state index is 12.3. The molecule has 2 saturated carbocycles. The van der Waals surface area contributed by atoms with E-state index >= 15 is 0 Å². The standard InChI is InChI=1S/C24H36N2O/c1-25(2)23(27)18-24(13-6-14-24)26-15-11-19(12-16-26)9-10-21-17-22(21)20-7-4-3-5-8-20/h3-5,7-8,19,21-22H,6,9-18H2,1-2H3. The highest BCUT2D eigenvalue weighted by Gasteiger charge is 2.45. The summed E-state index contributed by atoms with van der Waals surface area (Å²) in [5.74, 6) is 2.97. The molecule has 2 unspecified atom stereocenters. The Morgan fingerprint density at radius 1 is 1.11 bits per heavy atom. The van der Waals surface area contributed by atoms with Crippen LogP contribution >= 0.6 is 0 Å². The summed E-state index contributed by atoms with van der Waals surface area (Å²) in [7, 11) is 3.78. The molecule has 2 atom stereocenters. The lowest BCUT2D eigenvalue weighted by atomic mass is 9.71. The van der Waals surface area contributed by atoms with Gasteiger partial charge in [-0.1, -0.05) is 36.8 Å². The summed E-state index contributed by atoms with van der Waals surface area (Å²) in [6.45, 7) is 2.41. The predicted molar refractivity (Wildman–Crippen MR) is 111 cm³/mol. The van der Waals surface area contributed by atoms with Gasteiger partial charge in [-0.2, -0.15) is 0 Å². The van der Waals surface area contributed by atoms with Crippen molar-refractivity contribution in [3.63, 3.8) is 0 Å². The number of benzene rings is 1. The van der Waals surface area contributed by atoms with Gasteiger partial charge in [0, 0.05) is 26.1 Å². The third kappa shape index (κ3) is 4.23. The Labute approximate surface area is 165 Å². The summed E-state index contributed by atoms with van der Waals surface area (Å²) in [5.41, 5.74) is 1.75. The Morgan fingerprint density at radius 3 is 2.41 bits per heavy atom. The number of hydrogen-bond donors (Lipinski definition) is 0. The van der Waals surface area contributed by atoms with Crippen molar-refractivity contribution >= 4 is 5.91 Å². The van der Waals surface area contributed by atoms with Crippen molar-refractivity contribution in [3.8, 4) is 0 Å². The maximum absolute atomic E-state index is 12.3. The third-order valence-corrected chi connectivity index (χ3v) is 7.64. The summed E-state index contributed by atoms with van der Waals surface area (Å²) < 4.78 is 0. The largest absolute Gasteiger partial charge is 0.349 e. The van der Waals surface area contributed by atoms with E-state index in [1.54, 1.807) is 10.5 Å². The normalized spacial score (nSPS) is 27.8. The fourth-order valence-corrected chi connectivity index (χ4v) is 5.45. The van der Waals surface area contributed by atoms with E-state index in [-0.39, 0.29) is 5.54 Å². The average molecular weight is 369 g/mol. The number of carbonyl (C=O) groups excluding carboxylic acids is 1. The molecule has 3 aliphatic rings. The summed E-state index contributed by atoms with van der Waals surface area (Å²) in [6.07, 6.45) is 11.4. The van der Waals surface area contributed by atoms with E-state index in [0.29, 0.717) is 5.91 Å². The van der Waals surface area contributed by atoms with Crippen molar-refractivity contribution in [3.05, 3.63) is 35.9 Å². The van der Waals surface area contributed by atoms with E-state index < -0.39 is 0 Å². The fraction of sp³-hybridized carbons (Fsp3) is 0.708. The van der Waals surface area contributed by atoms with Crippen LogP contribution in [0.25, 0.3) is 0 Å². The number of likely N-dealkylation sites (tertiary alicyclic amines) is 1. The molecule has 1 aliphatic heterocycles. The van der Waals surface area contributed by atoms with Crippen LogP contribution in [0.1, 0.15) is 69.3 Å². The molecule has 148 valence electrons. The number of hydrogen-bond acceptors (Lipinski definition) is 2. The molecule has 1 aromatic rings. The van der Waals surface area contributed by atoms with Gasteiger partial charge in [-0.15, -0.1) is 0 Å². The lowest BCUT2D eigenvalue weighted by Crippen LogP contribution is -2.58. The first-order valence-corrected chi connectivity index (χ1v) is 11.1. The molecule has 0 radical (unpaired) electrons. The van der Waals surface area contributed by atoms with Crippen molar-refractivity contribution in [1.82, 2.24) is 9.80 Å². The highest BCUT2D eigenvalue weighted by Crippen LogP contribution is 2.51. The van der Waals surface area contributed by atoms with Gasteiger partial charge in [0.25, 0.3) is 0 Å². The number of nitrogens with zero attached hydrogens (tertiary/aromatic N) is 2. The molecule has 1 heterocycles. The molecule has 3 fully saturated rings. The number of piperidine rings is 1. The minimum absolute atomic E-state index is 0.196. The van der Waals surface area contributed by atoms with Crippen molar-refractivity contribution in [1.29, 1.82) is 0 Å². The Balaban J connectivity index is 1.21. The van der Waals surface area contributed by atoms with Gasteiger partial charge in [-0.25, -0.2) is 0 Å². The molecular weight excluding hydrogens is 332 g/mol. The molecule has 4 rings (SSSR count). The quantitative estimate of drug-likeness (QED) is 0.697. The summed E-state index contributed by atoms with van der Waals surface area (Å²) in [4.78, 5) is 16.7. The van der Waals surface area contributed by atoms with Gasteiger partial charge in [0.15, 0.2) is 0 Å². The number of amides is 1. The topological polar surface area (TPSA) is 23.6 Å². The van der Waals surface area contributed by atoms with Crippen molar-refractivity contribution in [2.75, 3.05) is 27.2 Å². The van der Waals surface area contributed by atoms with Crippen molar-refractivity contribution in [2.45, 2.75) is 69.2 Å². The SMILES string of the molecule is CN(C)C(=O)CC1(N2CCC(CCC3CC3c3ccccc3)CC2)CCC1. The van der Waals surface area contributed by atoms with Gasteiger partial charge >= 0.3 is 0 Å². The van der Waals surface area contributed by atoms with E-state index in [4.69, 9.17) is 0 Å². The highest BCUT2D eigenvalue weighted by molar-refractivity contribution is 5.77. The van der Waals surface area contributed by atoms with E-state index in [0.717, 1.165) is 24.2 Å². The highest BCUT2D eigenvalue weighted by atomic mass is 16.2. The molecule has 0 spiro atoms. The Bertz CT molecular complexity index is 629. The zero-order chi connectivity index (χ0) is 18.9. The molecule has 0 N–H and O–H groups in total. The van der Waals surface area contributed by atoms with Crippen LogP contribution in [0.4, 0.5) is 0 Å². The van der Waals surface area contributed by atoms with Gasteiger partial charge in [0.1, 0.15) is 0 Å². The van der Waals surface area contributed by atoms with Gasteiger partial charge in [-0.3, -0.25) is 9.69 Å². The summed E-state index contributed by atoms with van der Waals surface area (Å²) in [5, 5.41) is 0. The van der Waals surface area contributed by atoms with Crippen LogP contribution < -0.4 is 0 Å². The number of carbonyl (C=O) groups is 1. The average Bonchev–Trinajstić information content (AvgIpc) is 3.44. The summed E-state index contributed by atoms with van der Waals surface area (Å²) in [6, 6.07) is 11.1. The van der Waals surface area contributed by atoms with Crippen LogP contribution in [0, 0.1) is 11.8 Å². The molecule has 27 heavy (non-hydrogen) atoms. The van der Waals surface area contributed by atoms with Crippen LogP contribution in [0.2, 0.25) is 0 Å². The van der Waals surface area contributed by atoms with Crippen LogP contribution in [-0.4, -0.2) is 48.4 Å². The second-order valence-electron chi connectivity index (χ2n) is 9.56. The molecule has 1 aromatic carbocycles. The molecule has 1 amide bonds. The predicted octanol–water partition coefficient (Wildman–Crippen LogP) is 4.68. The third-order valence-electron chi connectivity index (χ3n) is 7.64. The van der Waals surface area contributed by atoms with Crippen molar-refractivity contribution in [2.24, 2.45) is 11.8 Å². The zero-order valence-electron chi connectivity index (χ0n) is 17.2. The minimum Gasteiger partial charge on any atom is -0.349 e. The Kier molecular flexibility index (Phi) is 5.59. The Morgan fingerprint density at radius 2 is 1.81 bits per heavy atom. The molecule has 2 aliphatic carbocycles. The first-order chi connectivity index (χ1) is 13.1. The van der Waals surface area contributed by atoms with E-state index in [1.165, 1.54) is 64.5 Å². The van der Waals surface area contributed by atoms with Crippen LogP contribution in [0.5, 0.6) is 0 Å². The van der Waals surface area contributed by atoms with Crippen molar-refractivity contribution < 1.29 is 4.79 Å². The van der Waals surface area contributed by atoms with E-state index in [1.807, 2.05) is 14.1 Å². The second kappa shape index (κ2) is 7.95. The van der Waals surface area contributed by atoms with E-state index in [2.05, 4.69) is 35.2 Å². The molecule has 3 heteroatoms. The maximum Gasteiger partial charge on any atom is 0.223 e. The van der Waals surface area contributed by atoms with Gasteiger partial charge < -0.3 is 4.90 Å². The summed E-state index contributed by atoms with van der Waals surface area (Å²) >= 11 is 0. The second-order valence-corrected chi connectivity index (χ2v) is 9.56. The van der Waals surface area contributed by atoms with Gasteiger partial charge in [0.05, 0.1) is 0 Å². The molecular formula is C24H36N2O. The monoisotopic (exact) mass is 368 g/mol. The molecule has 3 nitrogen and oxygen atoms in total. The molecule has 0 bridgehead atoms. The van der Waals surface area contributed by atoms with Crippen LogP contribution in [0.15, 0.2) is 30.3 Å². The lowest BCUT2D eigenvalue weighted by Gasteiger charge is -2.52. The molecule has 1 saturated heterocycles. The van der Waals surface area contributed by atoms with Crippen LogP contribution in [0.3, 0.4) is 0 Å². The van der Waals surface area contributed by atoms with E-state index in [9.17, 15) is 4.79 Å². The zero-order valence-corrected chi connectivity index (χ0v) is 17.2. The smallest absolute Gasteiger partial charge is 0.223 e. The van der Waals surface area contributed by atoms with Crippen LogP contribution in [-0.2, 0) is 4.79 Å². The fourth-order valence-electron chi connectivity index (χ4n) is 5.45. The first-order valence-electron chi connectivity index (χ1n) is 11.1.